The Morgan fingerprint density at radius 1 is 1.11 bits per heavy atom. The highest BCUT2D eigenvalue weighted by molar-refractivity contribution is 7.80. The summed E-state index contributed by atoms with van der Waals surface area (Å²) in [5, 5.41) is 16.4. The first-order chi connectivity index (χ1) is 13.5. The molecule has 0 radical (unpaired) electrons. The van der Waals surface area contributed by atoms with Crippen molar-refractivity contribution in [3.8, 4) is 5.75 Å². The fourth-order valence-corrected chi connectivity index (χ4v) is 2.72. The number of carbonyl (C=O) groups is 1. The van der Waals surface area contributed by atoms with Gasteiger partial charge in [0.05, 0.1) is 11.5 Å². The van der Waals surface area contributed by atoms with Gasteiger partial charge in [-0.05, 0) is 49.0 Å². The van der Waals surface area contributed by atoms with E-state index in [9.17, 15) is 14.9 Å². The van der Waals surface area contributed by atoms with Gasteiger partial charge in [0.2, 0.25) is 0 Å². The van der Waals surface area contributed by atoms with Crippen molar-refractivity contribution in [1.29, 1.82) is 0 Å². The molecule has 148 valence electrons. The van der Waals surface area contributed by atoms with Crippen molar-refractivity contribution in [1.82, 2.24) is 5.32 Å². The topological polar surface area (TPSA) is 93.5 Å². The average Bonchev–Trinajstić information content (AvgIpc) is 2.69. The van der Waals surface area contributed by atoms with Gasteiger partial charge in [0, 0.05) is 11.8 Å². The second-order valence-corrected chi connectivity index (χ2v) is 6.52. The number of anilines is 1. The van der Waals surface area contributed by atoms with Gasteiger partial charge >= 0.3 is 0 Å². The molecule has 0 atom stereocenters. The molecular formula is C20H23N3O4S. The zero-order valence-corrected chi connectivity index (χ0v) is 16.5. The van der Waals surface area contributed by atoms with Gasteiger partial charge in [0.25, 0.3) is 11.6 Å². The smallest absolute Gasteiger partial charge is 0.282 e. The van der Waals surface area contributed by atoms with Crippen LogP contribution in [0.5, 0.6) is 5.75 Å². The van der Waals surface area contributed by atoms with Crippen molar-refractivity contribution in [2.24, 2.45) is 0 Å². The lowest BCUT2D eigenvalue weighted by Gasteiger charge is -2.11. The predicted molar refractivity (Wildman–Crippen MR) is 113 cm³/mol. The van der Waals surface area contributed by atoms with E-state index in [1.165, 1.54) is 31.0 Å². The standard InChI is InChI=1S/C20H23N3O4S/c1-2-3-4-7-14-27-16-12-10-15(11-13-16)21-20(28)22-19(24)17-8-5-6-9-18(17)23(25)26/h5-6,8-13H,2-4,7,14H2,1H3,(H2,21,22,24,28). The summed E-state index contributed by atoms with van der Waals surface area (Å²) >= 11 is 5.12. The molecule has 2 aromatic carbocycles. The molecule has 0 spiro atoms. The van der Waals surface area contributed by atoms with Crippen LogP contribution in [0.1, 0.15) is 43.0 Å². The number of benzene rings is 2. The molecule has 7 nitrogen and oxygen atoms in total. The van der Waals surface area contributed by atoms with Crippen molar-refractivity contribution in [3.05, 3.63) is 64.2 Å². The molecule has 0 aliphatic carbocycles. The van der Waals surface area contributed by atoms with Crippen LogP contribution in [0.3, 0.4) is 0 Å². The summed E-state index contributed by atoms with van der Waals surface area (Å²) in [6, 6.07) is 12.9. The number of unbranched alkanes of at least 4 members (excludes halogenated alkanes) is 3. The summed E-state index contributed by atoms with van der Waals surface area (Å²) in [6.45, 7) is 2.84. The van der Waals surface area contributed by atoms with Gasteiger partial charge in [0.15, 0.2) is 5.11 Å². The molecule has 8 heteroatoms. The molecule has 0 fully saturated rings. The summed E-state index contributed by atoms with van der Waals surface area (Å²) in [5.41, 5.74) is 0.345. The van der Waals surface area contributed by atoms with Crippen molar-refractivity contribution in [2.75, 3.05) is 11.9 Å². The lowest BCUT2D eigenvalue weighted by molar-refractivity contribution is -0.385. The molecule has 0 heterocycles. The minimum atomic E-state index is -0.642. The van der Waals surface area contributed by atoms with Gasteiger partial charge in [0.1, 0.15) is 11.3 Å². The Morgan fingerprint density at radius 3 is 2.50 bits per heavy atom. The van der Waals surface area contributed by atoms with Crippen LogP contribution < -0.4 is 15.4 Å². The van der Waals surface area contributed by atoms with Crippen LogP contribution in [0, 0.1) is 10.1 Å². The predicted octanol–water partition coefficient (Wildman–Crippen LogP) is 4.68. The average molecular weight is 401 g/mol. The second-order valence-electron chi connectivity index (χ2n) is 6.12. The number of amides is 1. The number of rotatable bonds is 9. The van der Waals surface area contributed by atoms with Crippen molar-refractivity contribution < 1.29 is 14.5 Å². The molecule has 0 saturated heterocycles. The number of nitro benzene ring substituents is 1. The van der Waals surface area contributed by atoms with Crippen molar-refractivity contribution in [3.63, 3.8) is 0 Å². The van der Waals surface area contributed by atoms with Crippen LogP contribution in [0.4, 0.5) is 11.4 Å². The number of hydrogen-bond donors (Lipinski definition) is 2. The molecule has 1 amide bonds. The fraction of sp³-hybridized carbons (Fsp3) is 0.300. The van der Waals surface area contributed by atoms with Gasteiger partial charge in [-0.2, -0.15) is 0 Å². The first-order valence-electron chi connectivity index (χ1n) is 9.10. The molecule has 0 aliphatic rings. The number of nitrogens with zero attached hydrogens (tertiary/aromatic N) is 1. The highest BCUT2D eigenvalue weighted by Gasteiger charge is 2.19. The fourth-order valence-electron chi connectivity index (χ4n) is 2.51. The van der Waals surface area contributed by atoms with Gasteiger partial charge in [-0.1, -0.05) is 38.3 Å². The molecule has 0 aliphatic heterocycles. The Balaban J connectivity index is 1.86. The molecule has 2 aromatic rings. The van der Waals surface area contributed by atoms with Crippen LogP contribution in [-0.4, -0.2) is 22.5 Å². The van der Waals surface area contributed by atoms with E-state index in [4.69, 9.17) is 17.0 Å². The zero-order chi connectivity index (χ0) is 20.4. The number of ether oxygens (including phenoxy) is 1. The summed E-state index contributed by atoms with van der Waals surface area (Å²) in [6.07, 6.45) is 4.58. The van der Waals surface area contributed by atoms with Crippen LogP contribution in [-0.2, 0) is 0 Å². The van der Waals surface area contributed by atoms with E-state index in [0.717, 1.165) is 18.6 Å². The van der Waals surface area contributed by atoms with Crippen LogP contribution in [0.15, 0.2) is 48.5 Å². The molecule has 0 unspecified atom stereocenters. The summed E-state index contributed by atoms with van der Waals surface area (Å²) in [7, 11) is 0. The molecule has 28 heavy (non-hydrogen) atoms. The number of nitro groups is 1. The first-order valence-corrected chi connectivity index (χ1v) is 9.50. The van der Waals surface area contributed by atoms with Gasteiger partial charge in [-0.3, -0.25) is 20.2 Å². The maximum absolute atomic E-state index is 12.3. The Hall–Kier alpha value is -3.00. The monoisotopic (exact) mass is 401 g/mol. The third-order valence-corrected chi connectivity index (χ3v) is 4.16. The quantitative estimate of drug-likeness (QED) is 0.274. The van der Waals surface area contributed by atoms with Crippen LogP contribution >= 0.6 is 12.2 Å². The molecule has 0 saturated carbocycles. The number of nitrogens with one attached hydrogen (secondary N) is 2. The van der Waals surface area contributed by atoms with Gasteiger partial charge < -0.3 is 10.1 Å². The third-order valence-electron chi connectivity index (χ3n) is 3.95. The summed E-state index contributed by atoms with van der Waals surface area (Å²) in [5.74, 6) is 0.119. The van der Waals surface area contributed by atoms with E-state index in [1.54, 1.807) is 18.2 Å². The highest BCUT2D eigenvalue weighted by Crippen LogP contribution is 2.18. The Kier molecular flexibility index (Phi) is 8.36. The minimum absolute atomic E-state index is 0.0522. The Bertz CT molecular complexity index is 824. The second kappa shape index (κ2) is 11.0. The molecule has 0 aromatic heterocycles. The van der Waals surface area contributed by atoms with E-state index in [0.29, 0.717) is 12.3 Å². The molecule has 2 N–H and O–H groups in total. The largest absolute Gasteiger partial charge is 0.494 e. The van der Waals surface area contributed by atoms with Crippen LogP contribution in [0.25, 0.3) is 0 Å². The normalized spacial score (nSPS) is 10.2. The van der Waals surface area contributed by atoms with E-state index >= 15 is 0 Å². The maximum atomic E-state index is 12.3. The van der Waals surface area contributed by atoms with Gasteiger partial charge in [-0.25, -0.2) is 0 Å². The van der Waals surface area contributed by atoms with E-state index < -0.39 is 10.8 Å². The Labute approximate surface area is 169 Å². The Morgan fingerprint density at radius 2 is 1.82 bits per heavy atom. The number of hydrogen-bond acceptors (Lipinski definition) is 5. The van der Waals surface area contributed by atoms with Crippen molar-refractivity contribution in [2.45, 2.75) is 32.6 Å². The first kappa shape index (κ1) is 21.3. The lowest BCUT2D eigenvalue weighted by atomic mass is 10.1. The molecule has 0 bridgehead atoms. The molecule has 2 rings (SSSR count). The number of carbonyl (C=O) groups excluding carboxylic acids is 1. The lowest BCUT2D eigenvalue weighted by Crippen LogP contribution is -2.34. The maximum Gasteiger partial charge on any atom is 0.282 e. The van der Waals surface area contributed by atoms with E-state index in [2.05, 4.69) is 17.6 Å². The summed E-state index contributed by atoms with van der Waals surface area (Å²) in [4.78, 5) is 22.7. The van der Waals surface area contributed by atoms with E-state index in [-0.39, 0.29) is 16.4 Å². The highest BCUT2D eigenvalue weighted by atomic mass is 32.1. The zero-order valence-electron chi connectivity index (χ0n) is 15.6. The van der Waals surface area contributed by atoms with Crippen LogP contribution in [0.2, 0.25) is 0 Å². The molecular weight excluding hydrogens is 378 g/mol. The SMILES string of the molecule is CCCCCCOc1ccc(NC(=S)NC(=O)c2ccccc2[N+](=O)[O-])cc1. The number of thiocarbonyl (C=S) groups is 1. The number of para-hydroxylation sites is 1. The van der Waals surface area contributed by atoms with Crippen molar-refractivity contribution >= 4 is 34.6 Å². The third kappa shape index (κ3) is 6.62. The minimum Gasteiger partial charge on any atom is -0.494 e. The summed E-state index contributed by atoms with van der Waals surface area (Å²) < 4.78 is 5.68. The van der Waals surface area contributed by atoms with E-state index in [1.807, 2.05) is 12.1 Å². The van der Waals surface area contributed by atoms with Gasteiger partial charge in [-0.15, -0.1) is 0 Å².